The first-order valence-corrected chi connectivity index (χ1v) is 12.9. The number of methoxy groups -OCH3 is 2. The van der Waals surface area contributed by atoms with E-state index < -0.39 is 40.2 Å². The number of nitrogens with zero attached hydrogens (tertiary/aromatic N) is 2. The quantitative estimate of drug-likeness (QED) is 0.131. The maximum atomic E-state index is 14.7. The summed E-state index contributed by atoms with van der Waals surface area (Å²) < 4.78 is 89.6. The van der Waals surface area contributed by atoms with Crippen LogP contribution in [0.1, 0.15) is 25.5 Å². The van der Waals surface area contributed by atoms with Gasteiger partial charge < -0.3 is 14.2 Å². The molecule has 0 radical (unpaired) electrons. The van der Waals surface area contributed by atoms with Gasteiger partial charge in [-0.3, -0.25) is 4.57 Å². The first-order valence-electron chi connectivity index (χ1n) is 12.1. The van der Waals surface area contributed by atoms with Gasteiger partial charge in [0.05, 0.1) is 30.5 Å². The molecule has 1 aliphatic rings. The van der Waals surface area contributed by atoms with Crippen LogP contribution in [0.4, 0.5) is 22.0 Å². The molecule has 1 aromatic heterocycles. The van der Waals surface area contributed by atoms with Crippen LogP contribution in [-0.4, -0.2) is 30.4 Å². The van der Waals surface area contributed by atoms with Gasteiger partial charge in [0.2, 0.25) is 5.82 Å². The molecule has 1 unspecified atom stereocenters. The molecule has 0 saturated carbocycles. The zero-order chi connectivity index (χ0) is 27.7. The summed E-state index contributed by atoms with van der Waals surface area (Å²) in [5.74, 6) is -8.88. The molecule has 0 spiro atoms. The number of hydrogen-bond donors (Lipinski definition) is 0. The molecule has 1 aliphatic heterocycles. The van der Waals surface area contributed by atoms with Crippen LogP contribution in [0.15, 0.2) is 58.6 Å². The summed E-state index contributed by atoms with van der Waals surface area (Å²) in [6, 6.07) is 14.1. The number of rotatable bonds is 7. The molecule has 11 heteroatoms. The fraction of sp³-hybridized carbons (Fsp3) is 0.250. The van der Waals surface area contributed by atoms with Crippen LogP contribution in [0.3, 0.4) is 0 Å². The topological polar surface area (TPSA) is 45.5 Å². The number of benzene rings is 3. The van der Waals surface area contributed by atoms with Crippen LogP contribution in [0, 0.1) is 29.1 Å². The van der Waals surface area contributed by atoms with Crippen LogP contribution in [-0.2, 0) is 4.74 Å². The molecule has 1 atom stereocenters. The number of aromatic nitrogens is 2. The van der Waals surface area contributed by atoms with E-state index >= 15 is 0 Å². The van der Waals surface area contributed by atoms with Crippen molar-refractivity contribution in [3.05, 3.63) is 77.6 Å². The van der Waals surface area contributed by atoms with E-state index in [0.29, 0.717) is 58.8 Å². The van der Waals surface area contributed by atoms with E-state index in [-0.39, 0.29) is 5.16 Å². The van der Waals surface area contributed by atoms with Gasteiger partial charge in [-0.2, -0.15) is 0 Å². The van der Waals surface area contributed by atoms with E-state index in [4.69, 9.17) is 19.2 Å². The van der Waals surface area contributed by atoms with Crippen molar-refractivity contribution in [1.82, 2.24) is 9.55 Å². The molecule has 1 fully saturated rings. The fourth-order valence-electron chi connectivity index (χ4n) is 4.42. The van der Waals surface area contributed by atoms with Crippen LogP contribution in [0.25, 0.3) is 22.5 Å². The van der Waals surface area contributed by atoms with Crippen molar-refractivity contribution in [3.8, 4) is 34.0 Å². The van der Waals surface area contributed by atoms with Gasteiger partial charge in [0.15, 0.2) is 28.4 Å². The third kappa shape index (κ3) is 5.08. The molecule has 5 rings (SSSR count). The predicted molar refractivity (Wildman–Crippen MR) is 135 cm³/mol. The largest absolute Gasteiger partial charge is 0.497 e. The molecule has 0 amide bonds. The Morgan fingerprint density at radius 3 is 1.82 bits per heavy atom. The van der Waals surface area contributed by atoms with E-state index in [0.717, 1.165) is 12.8 Å². The molecule has 4 aromatic rings. The highest BCUT2D eigenvalue weighted by Crippen LogP contribution is 2.44. The van der Waals surface area contributed by atoms with Gasteiger partial charge >= 0.3 is 0 Å². The lowest BCUT2D eigenvalue weighted by Crippen LogP contribution is -2.20. The van der Waals surface area contributed by atoms with Gasteiger partial charge in [0, 0.05) is 17.7 Å². The van der Waals surface area contributed by atoms with E-state index in [9.17, 15) is 22.0 Å². The molecule has 3 aromatic carbocycles. The standard InChI is InChI=1S/C28H23F5N2O3S/c1-36-17-10-6-15(7-11-17)25-26(16-8-12-18(37-2)13-9-16)35(19-5-3-4-14-38-19)28(34-25)39-27-23(32)21(30)20(29)22(31)24(27)33/h6-13,19H,3-5,14H2,1-2H3. The number of halogens is 5. The van der Waals surface area contributed by atoms with Crippen molar-refractivity contribution in [3.63, 3.8) is 0 Å². The summed E-state index contributed by atoms with van der Waals surface area (Å²) in [5.41, 5.74) is 2.33. The summed E-state index contributed by atoms with van der Waals surface area (Å²) in [7, 11) is 3.07. The second-order valence-electron chi connectivity index (χ2n) is 8.74. The van der Waals surface area contributed by atoms with E-state index in [1.165, 1.54) is 14.2 Å². The minimum atomic E-state index is -2.22. The Kier molecular flexibility index (Phi) is 7.81. The maximum absolute atomic E-state index is 14.7. The van der Waals surface area contributed by atoms with E-state index in [1.807, 2.05) is 0 Å². The highest BCUT2D eigenvalue weighted by Gasteiger charge is 2.32. The van der Waals surface area contributed by atoms with Crippen molar-refractivity contribution >= 4 is 11.8 Å². The molecule has 5 nitrogen and oxygen atoms in total. The molecule has 39 heavy (non-hydrogen) atoms. The van der Waals surface area contributed by atoms with Crippen molar-refractivity contribution in [2.75, 3.05) is 20.8 Å². The second kappa shape index (κ2) is 11.3. The molecule has 0 aliphatic carbocycles. The van der Waals surface area contributed by atoms with E-state index in [2.05, 4.69) is 0 Å². The summed E-state index contributed by atoms with van der Waals surface area (Å²) in [5, 5.41) is 0.0155. The normalized spacial score (nSPS) is 15.4. The van der Waals surface area contributed by atoms with Crippen LogP contribution in [0.2, 0.25) is 0 Å². The Labute approximate surface area is 225 Å². The Bertz CT molecular complexity index is 1460. The smallest absolute Gasteiger partial charge is 0.200 e. The summed E-state index contributed by atoms with van der Waals surface area (Å²) in [6.07, 6.45) is 1.62. The summed E-state index contributed by atoms with van der Waals surface area (Å²) >= 11 is 0.364. The highest BCUT2D eigenvalue weighted by molar-refractivity contribution is 7.99. The average molecular weight is 563 g/mol. The van der Waals surface area contributed by atoms with Gasteiger partial charge in [0.25, 0.3) is 0 Å². The first kappa shape index (κ1) is 27.0. The Hall–Kier alpha value is -3.57. The average Bonchev–Trinajstić information content (AvgIpc) is 3.37. The second-order valence-corrected chi connectivity index (χ2v) is 9.72. The van der Waals surface area contributed by atoms with Gasteiger partial charge in [-0.1, -0.05) is 0 Å². The van der Waals surface area contributed by atoms with Gasteiger partial charge in [-0.15, -0.1) is 0 Å². The lowest BCUT2D eigenvalue weighted by Gasteiger charge is -2.27. The molecular formula is C28H23F5N2O3S. The predicted octanol–water partition coefficient (Wildman–Crippen LogP) is 7.78. The van der Waals surface area contributed by atoms with Crippen LogP contribution < -0.4 is 9.47 Å². The zero-order valence-corrected chi connectivity index (χ0v) is 21.8. The van der Waals surface area contributed by atoms with Crippen molar-refractivity contribution in [2.24, 2.45) is 0 Å². The Balaban J connectivity index is 1.76. The van der Waals surface area contributed by atoms with Crippen molar-refractivity contribution in [2.45, 2.75) is 35.5 Å². The lowest BCUT2D eigenvalue weighted by atomic mass is 10.0. The number of imidazole rings is 1. The SMILES string of the molecule is COc1ccc(-c2nc(Sc3c(F)c(F)c(F)c(F)c3F)n(C3CCCCO3)c2-c2ccc(OC)cc2)cc1. The molecular weight excluding hydrogens is 539 g/mol. The van der Waals surface area contributed by atoms with Gasteiger partial charge in [-0.25, -0.2) is 26.9 Å². The minimum Gasteiger partial charge on any atom is -0.497 e. The Morgan fingerprint density at radius 1 is 0.769 bits per heavy atom. The maximum Gasteiger partial charge on any atom is 0.200 e. The van der Waals surface area contributed by atoms with Gasteiger partial charge in [-0.05, 0) is 79.6 Å². The number of ether oxygens (including phenoxy) is 3. The lowest BCUT2D eigenvalue weighted by molar-refractivity contribution is -0.0359. The Morgan fingerprint density at radius 2 is 1.31 bits per heavy atom. The van der Waals surface area contributed by atoms with Crippen LogP contribution >= 0.6 is 11.8 Å². The first-order chi connectivity index (χ1) is 18.8. The molecule has 204 valence electrons. The monoisotopic (exact) mass is 562 g/mol. The third-order valence-electron chi connectivity index (χ3n) is 6.41. The van der Waals surface area contributed by atoms with Crippen LogP contribution in [0.5, 0.6) is 11.5 Å². The van der Waals surface area contributed by atoms with Crippen molar-refractivity contribution < 1.29 is 36.2 Å². The summed E-state index contributed by atoms with van der Waals surface area (Å²) in [4.78, 5) is 3.65. The highest BCUT2D eigenvalue weighted by atomic mass is 32.2. The fourth-order valence-corrected chi connectivity index (χ4v) is 5.40. The third-order valence-corrected chi connectivity index (χ3v) is 7.45. The molecule has 1 saturated heterocycles. The molecule has 0 bridgehead atoms. The summed E-state index contributed by atoms with van der Waals surface area (Å²) in [6.45, 7) is 0.440. The van der Waals surface area contributed by atoms with E-state index in [1.54, 1.807) is 53.1 Å². The van der Waals surface area contributed by atoms with Crippen molar-refractivity contribution in [1.29, 1.82) is 0 Å². The molecule has 0 N–H and O–H groups in total. The molecule has 2 heterocycles. The van der Waals surface area contributed by atoms with Gasteiger partial charge in [0.1, 0.15) is 17.7 Å². The minimum absolute atomic E-state index is 0.0155. The zero-order valence-electron chi connectivity index (χ0n) is 20.9. The number of hydrogen-bond acceptors (Lipinski definition) is 5.